The number of morpholine rings is 1. The van der Waals surface area contributed by atoms with Gasteiger partial charge in [0.15, 0.2) is 17.3 Å². The van der Waals surface area contributed by atoms with E-state index in [2.05, 4.69) is 15.3 Å². The Balaban J connectivity index is 1.56. The van der Waals surface area contributed by atoms with Gasteiger partial charge in [0.25, 0.3) is 5.91 Å². The van der Waals surface area contributed by atoms with E-state index in [1.165, 1.54) is 18.6 Å². The highest BCUT2D eigenvalue weighted by molar-refractivity contribution is 6.38. The van der Waals surface area contributed by atoms with E-state index in [0.717, 1.165) is 44.9 Å². The van der Waals surface area contributed by atoms with E-state index < -0.39 is 52.4 Å². The molecule has 1 aromatic heterocycles. The smallest absolute Gasteiger partial charge is 0.272 e. The molecule has 4 atom stereocenters. The molecule has 0 aromatic carbocycles. The minimum atomic E-state index is -0.948. The predicted molar refractivity (Wildman–Crippen MR) is 183 cm³/mol. The van der Waals surface area contributed by atoms with Gasteiger partial charge in [-0.05, 0) is 63.2 Å². The van der Waals surface area contributed by atoms with Crippen molar-refractivity contribution in [1.29, 1.82) is 0 Å². The van der Waals surface area contributed by atoms with Gasteiger partial charge in [-0.2, -0.15) is 0 Å². The molecule has 0 unspecified atom stereocenters. The zero-order chi connectivity index (χ0) is 35.9. The quantitative estimate of drug-likeness (QED) is 0.235. The Labute approximate surface area is 291 Å². The maximum absolute atomic E-state index is 14.6. The van der Waals surface area contributed by atoms with Crippen LogP contribution in [0.4, 0.5) is 0 Å². The molecule has 11 nitrogen and oxygen atoms in total. The third-order valence-corrected chi connectivity index (χ3v) is 10.4. The average Bonchev–Trinajstić information content (AvgIpc) is 3.88. The number of Topliss-reactive ketones (excluding diaryl/α,β-unsaturated/α-hetero) is 4. The van der Waals surface area contributed by atoms with Crippen LogP contribution < -0.4 is 5.32 Å². The Bertz CT molecular complexity index is 1360. The molecule has 3 fully saturated rings. The van der Waals surface area contributed by atoms with Crippen LogP contribution in [0, 0.1) is 29.1 Å². The summed E-state index contributed by atoms with van der Waals surface area (Å²) in [7, 11) is 0. The third kappa shape index (κ3) is 10.6. The predicted octanol–water partition coefficient (Wildman–Crippen LogP) is 5.10. The Morgan fingerprint density at radius 1 is 1.00 bits per heavy atom. The number of aromatic nitrogens is 2. The van der Waals surface area contributed by atoms with E-state index in [9.17, 15) is 28.8 Å². The highest BCUT2D eigenvalue weighted by Gasteiger charge is 2.46. The Morgan fingerprint density at radius 2 is 1.69 bits per heavy atom. The van der Waals surface area contributed by atoms with Crippen LogP contribution in [0.1, 0.15) is 129 Å². The highest BCUT2D eigenvalue weighted by Crippen LogP contribution is 2.37. The van der Waals surface area contributed by atoms with Crippen LogP contribution in [0.3, 0.4) is 0 Å². The lowest BCUT2D eigenvalue weighted by Gasteiger charge is -2.46. The Morgan fingerprint density at radius 3 is 2.29 bits per heavy atom. The van der Waals surface area contributed by atoms with Crippen molar-refractivity contribution in [2.24, 2.45) is 29.1 Å². The van der Waals surface area contributed by atoms with Crippen molar-refractivity contribution in [2.45, 2.75) is 136 Å². The maximum Gasteiger partial charge on any atom is 0.272 e. The summed E-state index contributed by atoms with van der Waals surface area (Å²) in [6.07, 6.45) is 11.8. The Hall–Kier alpha value is -3.34. The standard InChI is InChI=1S/C38H56N4O7/c1-7-11-26(34(46)32(45)18-24-14-15-24)19-30(43)29-22-49-38(5,6)23-42(29)36(48)27(37(2,3)4)20-31(44)33(25-12-9-8-10-13-25)41-35(47)28-21-39-16-17-40-28/h16-17,21,24-27,29,33H,7-15,18-20,22-23H2,1-6H3,(H,41,47)/t26-,27-,29+,33+/m1/s1. The molecule has 1 saturated heterocycles. The summed E-state index contributed by atoms with van der Waals surface area (Å²) >= 11 is 0. The Kier molecular flexibility index (Phi) is 13.0. The summed E-state index contributed by atoms with van der Waals surface area (Å²) in [6.45, 7) is 11.4. The summed E-state index contributed by atoms with van der Waals surface area (Å²) in [5.74, 6) is -3.58. The van der Waals surface area contributed by atoms with Crippen LogP contribution in [-0.2, 0) is 28.7 Å². The second-order valence-corrected chi connectivity index (χ2v) is 16.2. The average molecular weight is 681 g/mol. The molecule has 1 aliphatic heterocycles. The fourth-order valence-electron chi connectivity index (χ4n) is 7.28. The van der Waals surface area contributed by atoms with Gasteiger partial charge in [-0.3, -0.25) is 33.8 Å². The molecule has 49 heavy (non-hydrogen) atoms. The number of amides is 2. The van der Waals surface area contributed by atoms with Gasteiger partial charge in [0.2, 0.25) is 11.7 Å². The van der Waals surface area contributed by atoms with Gasteiger partial charge in [-0.25, -0.2) is 4.98 Å². The van der Waals surface area contributed by atoms with Crippen molar-refractivity contribution in [1.82, 2.24) is 20.2 Å². The van der Waals surface area contributed by atoms with Gasteiger partial charge in [0, 0.05) is 50.0 Å². The van der Waals surface area contributed by atoms with Crippen molar-refractivity contribution in [3.63, 3.8) is 0 Å². The fraction of sp³-hybridized carbons (Fsp3) is 0.737. The number of hydrogen-bond donors (Lipinski definition) is 1. The molecule has 1 aromatic rings. The molecule has 2 saturated carbocycles. The van der Waals surface area contributed by atoms with E-state index in [1.807, 2.05) is 41.5 Å². The van der Waals surface area contributed by atoms with Crippen LogP contribution in [0.15, 0.2) is 18.6 Å². The van der Waals surface area contributed by atoms with E-state index in [1.54, 1.807) is 4.90 Å². The molecule has 3 aliphatic rings. The topological polar surface area (TPSA) is 153 Å². The fourth-order valence-corrected chi connectivity index (χ4v) is 7.28. The number of nitrogens with zero attached hydrogens (tertiary/aromatic N) is 3. The molecular formula is C38H56N4O7. The van der Waals surface area contributed by atoms with Gasteiger partial charge in [0.1, 0.15) is 11.7 Å². The monoisotopic (exact) mass is 680 g/mol. The second kappa shape index (κ2) is 16.6. The molecule has 0 bridgehead atoms. The third-order valence-electron chi connectivity index (χ3n) is 10.4. The molecule has 1 N–H and O–H groups in total. The van der Waals surface area contributed by atoms with Gasteiger partial charge in [-0.15, -0.1) is 0 Å². The van der Waals surface area contributed by atoms with E-state index in [4.69, 9.17) is 4.74 Å². The first-order valence-electron chi connectivity index (χ1n) is 18.2. The summed E-state index contributed by atoms with van der Waals surface area (Å²) in [5, 5.41) is 2.94. The van der Waals surface area contributed by atoms with Crippen molar-refractivity contribution >= 4 is 34.9 Å². The van der Waals surface area contributed by atoms with Crippen LogP contribution in [0.25, 0.3) is 0 Å². The summed E-state index contributed by atoms with van der Waals surface area (Å²) < 4.78 is 6.05. The number of carbonyl (C=O) groups excluding carboxylic acids is 6. The van der Waals surface area contributed by atoms with E-state index in [0.29, 0.717) is 12.8 Å². The normalized spacial score (nSPS) is 21.7. The summed E-state index contributed by atoms with van der Waals surface area (Å²) in [4.78, 5) is 91.6. The molecule has 0 spiro atoms. The SMILES string of the molecule is CCC[C@H](CC(=O)[C@@H]1COC(C)(C)CN1C(=O)[C@@H](CC(=O)[C@@H](NC(=O)c1cnccn1)C1CCCCC1)C(C)(C)C)C(=O)C(=O)CC1CC1. The zero-order valence-corrected chi connectivity index (χ0v) is 30.3. The van der Waals surface area contributed by atoms with E-state index >= 15 is 0 Å². The molecule has 4 rings (SSSR count). The lowest BCUT2D eigenvalue weighted by Crippen LogP contribution is -2.61. The molecule has 11 heteroatoms. The number of nitrogens with one attached hydrogen (secondary N) is 1. The molecule has 0 radical (unpaired) electrons. The number of ketones is 4. The van der Waals surface area contributed by atoms with Crippen LogP contribution >= 0.6 is 0 Å². The highest BCUT2D eigenvalue weighted by atomic mass is 16.5. The number of ether oxygens (including phenoxy) is 1. The van der Waals surface area contributed by atoms with Crippen molar-refractivity contribution in [3.05, 3.63) is 24.3 Å². The van der Waals surface area contributed by atoms with Crippen LogP contribution in [0.2, 0.25) is 0 Å². The summed E-state index contributed by atoms with van der Waals surface area (Å²) in [5.41, 5.74) is -1.29. The number of carbonyl (C=O) groups is 6. The lowest BCUT2D eigenvalue weighted by molar-refractivity contribution is -0.169. The molecule has 270 valence electrons. The van der Waals surface area contributed by atoms with Crippen LogP contribution in [-0.4, -0.2) is 80.7 Å². The van der Waals surface area contributed by atoms with Crippen molar-refractivity contribution < 1.29 is 33.5 Å². The minimum absolute atomic E-state index is 0.0374. The largest absolute Gasteiger partial charge is 0.371 e. The first-order valence-corrected chi connectivity index (χ1v) is 18.2. The zero-order valence-electron chi connectivity index (χ0n) is 30.3. The van der Waals surface area contributed by atoms with Gasteiger partial charge >= 0.3 is 0 Å². The number of rotatable bonds is 16. The van der Waals surface area contributed by atoms with Crippen molar-refractivity contribution in [3.8, 4) is 0 Å². The van der Waals surface area contributed by atoms with Gasteiger partial charge in [0.05, 0.1) is 24.4 Å². The lowest BCUT2D eigenvalue weighted by atomic mass is 9.73. The second-order valence-electron chi connectivity index (χ2n) is 16.2. The van der Waals surface area contributed by atoms with Gasteiger partial charge < -0.3 is 15.0 Å². The van der Waals surface area contributed by atoms with Gasteiger partial charge in [-0.1, -0.05) is 53.4 Å². The molecule has 2 heterocycles. The molecule has 2 aliphatic carbocycles. The molecular weight excluding hydrogens is 624 g/mol. The van der Waals surface area contributed by atoms with Crippen molar-refractivity contribution in [2.75, 3.05) is 13.2 Å². The van der Waals surface area contributed by atoms with E-state index in [-0.39, 0.29) is 67.4 Å². The first kappa shape index (κ1) is 38.5. The van der Waals surface area contributed by atoms with Crippen LogP contribution in [0.5, 0.6) is 0 Å². The maximum atomic E-state index is 14.6. The summed E-state index contributed by atoms with van der Waals surface area (Å²) in [6, 6.07) is -1.74. The first-order chi connectivity index (χ1) is 23.1. The molecule has 2 amide bonds. The number of hydrogen-bond acceptors (Lipinski definition) is 9. The minimum Gasteiger partial charge on any atom is -0.371 e.